The van der Waals surface area contributed by atoms with Gasteiger partial charge in [-0.3, -0.25) is 4.79 Å². The molecular weight excluding hydrogens is 414 g/mol. The Balaban J connectivity index is 1.90. The fourth-order valence-corrected chi connectivity index (χ4v) is 4.40. The number of nitrogens with two attached hydrogens (primary N) is 1. The molecular formula is C27H27N3O3. The molecule has 0 aliphatic heterocycles. The molecule has 4 rings (SSSR count). The SMILES string of the molecule is CCOc1ccc(/C=C2\CCc3c([nH]c4ccc(C)cc34)\C2=C(\C#N)C(N)=O)cc1OCC. The summed E-state index contributed by atoms with van der Waals surface area (Å²) in [5, 5.41) is 10.9. The Kier molecular flexibility index (Phi) is 6.23. The summed E-state index contributed by atoms with van der Waals surface area (Å²) in [4.78, 5) is 15.7. The van der Waals surface area contributed by atoms with Crippen molar-refractivity contribution in [1.82, 2.24) is 4.98 Å². The first kappa shape index (κ1) is 22.2. The number of nitrogens with zero attached hydrogens (tertiary/aromatic N) is 1. The molecule has 1 aliphatic rings. The van der Waals surface area contributed by atoms with Crippen molar-refractivity contribution in [3.8, 4) is 17.6 Å². The van der Waals surface area contributed by atoms with Gasteiger partial charge in [0.15, 0.2) is 11.5 Å². The maximum atomic E-state index is 12.2. The van der Waals surface area contributed by atoms with Gasteiger partial charge in [-0.2, -0.15) is 5.26 Å². The summed E-state index contributed by atoms with van der Waals surface area (Å²) in [5.41, 5.74) is 12.0. The van der Waals surface area contributed by atoms with Gasteiger partial charge in [-0.1, -0.05) is 23.8 Å². The number of aromatic nitrogens is 1. The third-order valence-corrected chi connectivity index (χ3v) is 5.79. The van der Waals surface area contributed by atoms with E-state index in [0.717, 1.165) is 45.3 Å². The second kappa shape index (κ2) is 9.25. The molecule has 1 heterocycles. The van der Waals surface area contributed by atoms with E-state index in [1.54, 1.807) is 0 Å². The first-order valence-electron chi connectivity index (χ1n) is 11.1. The monoisotopic (exact) mass is 441 g/mol. The fourth-order valence-electron chi connectivity index (χ4n) is 4.40. The molecule has 1 amide bonds. The number of aromatic amines is 1. The van der Waals surface area contributed by atoms with Crippen LogP contribution in [0.1, 0.15) is 42.7 Å². The van der Waals surface area contributed by atoms with Gasteiger partial charge < -0.3 is 20.2 Å². The molecule has 0 bridgehead atoms. The van der Waals surface area contributed by atoms with Gasteiger partial charge in [-0.05, 0) is 74.6 Å². The van der Waals surface area contributed by atoms with Gasteiger partial charge in [0, 0.05) is 16.5 Å². The van der Waals surface area contributed by atoms with E-state index in [9.17, 15) is 10.1 Å². The lowest BCUT2D eigenvalue weighted by Gasteiger charge is -2.21. The zero-order valence-corrected chi connectivity index (χ0v) is 19.1. The normalized spacial score (nSPS) is 15.8. The minimum Gasteiger partial charge on any atom is -0.490 e. The molecule has 1 aromatic heterocycles. The Bertz CT molecular complexity index is 1340. The lowest BCUT2D eigenvalue weighted by Crippen LogP contribution is -2.17. The molecule has 0 saturated carbocycles. The topological polar surface area (TPSA) is 101 Å². The van der Waals surface area contributed by atoms with Crippen molar-refractivity contribution in [2.75, 3.05) is 13.2 Å². The Morgan fingerprint density at radius 1 is 1.12 bits per heavy atom. The van der Waals surface area contributed by atoms with Gasteiger partial charge in [-0.15, -0.1) is 0 Å². The maximum absolute atomic E-state index is 12.2. The molecule has 3 aromatic rings. The highest BCUT2D eigenvalue weighted by atomic mass is 16.5. The van der Waals surface area contributed by atoms with E-state index < -0.39 is 5.91 Å². The quantitative estimate of drug-likeness (QED) is 0.412. The second-order valence-electron chi connectivity index (χ2n) is 8.00. The third kappa shape index (κ3) is 4.22. The van der Waals surface area contributed by atoms with E-state index in [1.165, 1.54) is 0 Å². The van der Waals surface area contributed by atoms with E-state index in [-0.39, 0.29) is 5.57 Å². The summed E-state index contributed by atoms with van der Waals surface area (Å²) in [7, 11) is 0. The lowest BCUT2D eigenvalue weighted by molar-refractivity contribution is -0.114. The van der Waals surface area contributed by atoms with Crippen LogP contribution in [0.25, 0.3) is 22.6 Å². The Labute approximate surface area is 193 Å². The molecule has 0 fully saturated rings. The van der Waals surface area contributed by atoms with E-state index in [0.29, 0.717) is 36.7 Å². The smallest absolute Gasteiger partial charge is 0.260 e. The molecule has 1 aliphatic carbocycles. The van der Waals surface area contributed by atoms with E-state index in [4.69, 9.17) is 15.2 Å². The summed E-state index contributed by atoms with van der Waals surface area (Å²) in [6.07, 6.45) is 3.47. The summed E-state index contributed by atoms with van der Waals surface area (Å²) >= 11 is 0. The Hall–Kier alpha value is -3.98. The lowest BCUT2D eigenvalue weighted by atomic mass is 9.83. The average molecular weight is 442 g/mol. The van der Waals surface area contributed by atoms with Gasteiger partial charge >= 0.3 is 0 Å². The molecule has 3 N–H and O–H groups in total. The molecule has 0 radical (unpaired) electrons. The van der Waals surface area contributed by atoms with Crippen LogP contribution in [0.2, 0.25) is 0 Å². The van der Waals surface area contributed by atoms with Gasteiger partial charge in [0.2, 0.25) is 0 Å². The minimum atomic E-state index is -0.734. The number of rotatable bonds is 6. The van der Waals surface area contributed by atoms with Crippen molar-refractivity contribution in [3.63, 3.8) is 0 Å². The number of ether oxygens (including phenoxy) is 2. The fraction of sp³-hybridized carbons (Fsp3) is 0.259. The number of nitrogens with one attached hydrogen (secondary N) is 1. The Morgan fingerprint density at radius 3 is 2.58 bits per heavy atom. The predicted molar refractivity (Wildman–Crippen MR) is 130 cm³/mol. The molecule has 2 aromatic carbocycles. The van der Waals surface area contributed by atoms with Crippen LogP contribution in [0.4, 0.5) is 0 Å². The summed E-state index contributed by atoms with van der Waals surface area (Å²) in [6.45, 7) is 6.96. The summed E-state index contributed by atoms with van der Waals surface area (Å²) in [5.74, 6) is 0.610. The molecule has 0 spiro atoms. The maximum Gasteiger partial charge on any atom is 0.260 e. The number of carbonyl (C=O) groups excluding carboxylic acids is 1. The highest BCUT2D eigenvalue weighted by Crippen LogP contribution is 2.42. The van der Waals surface area contributed by atoms with E-state index in [1.807, 2.05) is 56.3 Å². The van der Waals surface area contributed by atoms with Gasteiger partial charge in [0.25, 0.3) is 5.91 Å². The molecule has 0 atom stereocenters. The summed E-state index contributed by atoms with van der Waals surface area (Å²) in [6, 6.07) is 14.0. The van der Waals surface area contributed by atoms with Crippen LogP contribution >= 0.6 is 0 Å². The number of primary amides is 1. The minimum absolute atomic E-state index is 0.0403. The van der Waals surface area contributed by atoms with Crippen LogP contribution in [-0.2, 0) is 11.2 Å². The largest absolute Gasteiger partial charge is 0.490 e. The van der Waals surface area contributed by atoms with Crippen molar-refractivity contribution >= 4 is 28.5 Å². The van der Waals surface area contributed by atoms with Crippen LogP contribution in [-0.4, -0.2) is 24.1 Å². The molecule has 6 nitrogen and oxygen atoms in total. The van der Waals surface area contributed by atoms with Crippen LogP contribution in [0.3, 0.4) is 0 Å². The number of aryl methyl sites for hydroxylation is 2. The highest BCUT2D eigenvalue weighted by Gasteiger charge is 2.28. The van der Waals surface area contributed by atoms with Crippen molar-refractivity contribution in [3.05, 3.63) is 69.9 Å². The number of fused-ring (bicyclic) bond motifs is 3. The van der Waals surface area contributed by atoms with Gasteiger partial charge in [0.05, 0.1) is 18.9 Å². The average Bonchev–Trinajstić information content (AvgIpc) is 3.15. The molecule has 0 saturated heterocycles. The second-order valence-corrected chi connectivity index (χ2v) is 8.00. The standard InChI is InChI=1S/C27H27N3O3/c1-4-32-23-11-7-17(14-24(23)33-5-2)13-18-8-9-19-20-12-16(3)6-10-22(20)30-26(19)25(18)21(15-28)27(29)31/h6-7,10-14,30H,4-5,8-9H2,1-3H3,(H2,29,31)/b18-13+,25-21-. The number of hydrogen-bond acceptors (Lipinski definition) is 4. The predicted octanol–water partition coefficient (Wildman–Crippen LogP) is 5.07. The van der Waals surface area contributed by atoms with E-state index >= 15 is 0 Å². The zero-order valence-electron chi connectivity index (χ0n) is 19.1. The first-order chi connectivity index (χ1) is 16.0. The number of amides is 1. The molecule has 0 unspecified atom stereocenters. The van der Waals surface area contributed by atoms with Crippen LogP contribution in [0, 0.1) is 18.3 Å². The number of nitriles is 1. The molecule has 168 valence electrons. The highest BCUT2D eigenvalue weighted by molar-refractivity contribution is 6.10. The van der Waals surface area contributed by atoms with Crippen molar-refractivity contribution in [2.24, 2.45) is 5.73 Å². The number of allylic oxidation sites excluding steroid dienone is 2. The van der Waals surface area contributed by atoms with Crippen molar-refractivity contribution in [2.45, 2.75) is 33.6 Å². The number of H-pyrrole nitrogens is 1. The number of benzene rings is 2. The van der Waals surface area contributed by atoms with Crippen molar-refractivity contribution in [1.29, 1.82) is 5.26 Å². The number of carbonyl (C=O) groups is 1. The molecule has 6 heteroatoms. The first-order valence-corrected chi connectivity index (χ1v) is 11.1. The van der Waals surface area contributed by atoms with Gasteiger partial charge in [-0.25, -0.2) is 0 Å². The number of hydrogen-bond donors (Lipinski definition) is 2. The summed E-state index contributed by atoms with van der Waals surface area (Å²) < 4.78 is 11.4. The van der Waals surface area contributed by atoms with Crippen LogP contribution in [0.5, 0.6) is 11.5 Å². The third-order valence-electron chi connectivity index (χ3n) is 5.79. The van der Waals surface area contributed by atoms with Crippen molar-refractivity contribution < 1.29 is 14.3 Å². The Morgan fingerprint density at radius 2 is 1.88 bits per heavy atom. The van der Waals surface area contributed by atoms with E-state index in [2.05, 4.69) is 18.0 Å². The van der Waals surface area contributed by atoms with Crippen LogP contribution in [0.15, 0.2) is 47.5 Å². The zero-order chi connectivity index (χ0) is 23.5. The van der Waals surface area contributed by atoms with Crippen LogP contribution < -0.4 is 15.2 Å². The molecule has 33 heavy (non-hydrogen) atoms. The van der Waals surface area contributed by atoms with Gasteiger partial charge in [0.1, 0.15) is 11.6 Å².